The number of Topliss-reactive ketones (excluding diaryl/α,β-unsaturated/α-hetero) is 1. The summed E-state index contributed by atoms with van der Waals surface area (Å²) in [6.45, 7) is 1.37. The van der Waals surface area contributed by atoms with Crippen LogP contribution in [0.5, 0.6) is 5.75 Å². The van der Waals surface area contributed by atoms with Gasteiger partial charge in [-0.3, -0.25) is 14.9 Å². The van der Waals surface area contributed by atoms with E-state index in [1.807, 2.05) is 0 Å². The molecule has 9 heteroatoms. The smallest absolute Gasteiger partial charge is 0.355 e. The highest BCUT2D eigenvalue weighted by atomic mass is 16.7. The molecule has 1 aliphatic rings. The topological polar surface area (TPSA) is 121 Å². The number of H-pyrrole nitrogens is 1. The first-order valence-electron chi connectivity index (χ1n) is 7.33. The summed E-state index contributed by atoms with van der Waals surface area (Å²) in [4.78, 5) is 36.5. The predicted molar refractivity (Wildman–Crippen MR) is 83.3 cm³/mol. The van der Waals surface area contributed by atoms with Crippen molar-refractivity contribution in [3.8, 4) is 5.75 Å². The Morgan fingerprint density at radius 2 is 2.16 bits per heavy atom. The van der Waals surface area contributed by atoms with Crippen LogP contribution in [0.1, 0.15) is 38.9 Å². The van der Waals surface area contributed by atoms with Gasteiger partial charge >= 0.3 is 5.97 Å². The van der Waals surface area contributed by atoms with E-state index in [0.29, 0.717) is 22.4 Å². The summed E-state index contributed by atoms with van der Waals surface area (Å²) in [6.07, 6.45) is 1.41. The highest BCUT2D eigenvalue weighted by Crippen LogP contribution is 2.33. The van der Waals surface area contributed by atoms with Crippen LogP contribution in [0.15, 0.2) is 24.4 Å². The molecule has 1 aromatic carbocycles. The molecule has 0 saturated carbocycles. The van der Waals surface area contributed by atoms with Crippen molar-refractivity contribution in [1.82, 2.24) is 4.98 Å². The molecule has 0 radical (unpaired) electrons. The lowest BCUT2D eigenvalue weighted by atomic mass is 10.1. The van der Waals surface area contributed by atoms with Gasteiger partial charge in [0.25, 0.3) is 5.69 Å². The molecule has 0 amide bonds. The molecule has 0 saturated heterocycles. The molecule has 3 rings (SSSR count). The SMILES string of the molecule is CC(=O)c1c[nH]c(C(=O)OCc2cc([N+](=O)[O-])cc3c2OCOC3)c1. The number of hydrogen-bond acceptors (Lipinski definition) is 7. The molecule has 1 aromatic heterocycles. The maximum absolute atomic E-state index is 12.1. The normalized spacial score (nSPS) is 12.8. The Morgan fingerprint density at radius 1 is 1.36 bits per heavy atom. The summed E-state index contributed by atoms with van der Waals surface area (Å²) in [7, 11) is 0. The van der Waals surface area contributed by atoms with E-state index in [2.05, 4.69) is 4.98 Å². The molecule has 130 valence electrons. The first-order chi connectivity index (χ1) is 12.0. The number of rotatable bonds is 5. The summed E-state index contributed by atoms with van der Waals surface area (Å²) in [5, 5.41) is 11.0. The molecule has 2 aromatic rings. The summed E-state index contributed by atoms with van der Waals surface area (Å²) >= 11 is 0. The van der Waals surface area contributed by atoms with Crippen LogP contribution in [0.2, 0.25) is 0 Å². The van der Waals surface area contributed by atoms with Crippen molar-refractivity contribution in [2.24, 2.45) is 0 Å². The van der Waals surface area contributed by atoms with Gasteiger partial charge in [0.05, 0.1) is 11.5 Å². The summed E-state index contributed by atoms with van der Waals surface area (Å²) < 4.78 is 15.7. The standard InChI is InChI=1S/C16H14N2O7/c1-9(19)10-4-14(17-5-10)16(20)24-7-12-3-13(18(21)22)2-11-6-23-8-25-15(11)12/h2-5,17H,6-8H2,1H3. The molecule has 2 heterocycles. The first-order valence-corrected chi connectivity index (χ1v) is 7.33. The van der Waals surface area contributed by atoms with E-state index < -0.39 is 10.9 Å². The van der Waals surface area contributed by atoms with Gasteiger partial charge in [-0.15, -0.1) is 0 Å². The molecule has 1 aliphatic heterocycles. The molecule has 0 aliphatic carbocycles. The lowest BCUT2D eigenvalue weighted by Gasteiger charge is -2.20. The maximum Gasteiger partial charge on any atom is 0.355 e. The Labute approximate surface area is 141 Å². The fourth-order valence-corrected chi connectivity index (χ4v) is 2.43. The summed E-state index contributed by atoms with van der Waals surface area (Å²) in [6, 6.07) is 4.05. The predicted octanol–water partition coefficient (Wildman–Crippen LogP) is 2.35. The van der Waals surface area contributed by atoms with Gasteiger partial charge in [0.1, 0.15) is 18.1 Å². The zero-order valence-corrected chi connectivity index (χ0v) is 13.2. The molecular weight excluding hydrogens is 332 g/mol. The minimum atomic E-state index is -0.681. The van der Waals surface area contributed by atoms with Crippen LogP contribution >= 0.6 is 0 Å². The van der Waals surface area contributed by atoms with E-state index in [0.717, 1.165) is 0 Å². The van der Waals surface area contributed by atoms with Crippen molar-refractivity contribution in [3.05, 3.63) is 56.9 Å². The molecule has 0 fully saturated rings. The van der Waals surface area contributed by atoms with E-state index in [9.17, 15) is 19.7 Å². The van der Waals surface area contributed by atoms with Crippen molar-refractivity contribution in [1.29, 1.82) is 0 Å². The summed E-state index contributed by atoms with van der Waals surface area (Å²) in [5.74, 6) is -0.447. The Morgan fingerprint density at radius 3 is 2.84 bits per heavy atom. The quantitative estimate of drug-likeness (QED) is 0.382. The number of benzene rings is 1. The third-order valence-electron chi connectivity index (χ3n) is 3.65. The Kier molecular flexibility index (Phi) is 4.48. The van der Waals surface area contributed by atoms with Gasteiger partial charge in [0, 0.05) is 35.0 Å². The van der Waals surface area contributed by atoms with E-state index in [4.69, 9.17) is 14.2 Å². The Balaban J connectivity index is 1.79. The number of carbonyl (C=O) groups excluding carboxylic acids is 2. The number of nitrogens with one attached hydrogen (secondary N) is 1. The second-order valence-corrected chi connectivity index (χ2v) is 5.40. The van der Waals surface area contributed by atoms with Crippen LogP contribution < -0.4 is 4.74 Å². The number of nitro benzene ring substituents is 1. The van der Waals surface area contributed by atoms with Crippen LogP contribution in [-0.4, -0.2) is 28.5 Å². The number of esters is 1. The van der Waals surface area contributed by atoms with Crippen LogP contribution in [0, 0.1) is 10.1 Å². The number of aromatic nitrogens is 1. The van der Waals surface area contributed by atoms with Crippen molar-refractivity contribution in [2.75, 3.05) is 6.79 Å². The van der Waals surface area contributed by atoms with Crippen LogP contribution in [-0.2, 0) is 22.7 Å². The van der Waals surface area contributed by atoms with E-state index >= 15 is 0 Å². The fourth-order valence-electron chi connectivity index (χ4n) is 2.43. The zero-order valence-electron chi connectivity index (χ0n) is 13.2. The van der Waals surface area contributed by atoms with Crippen LogP contribution in [0.3, 0.4) is 0 Å². The molecule has 0 unspecified atom stereocenters. The van der Waals surface area contributed by atoms with Crippen molar-refractivity contribution < 1.29 is 28.7 Å². The third kappa shape index (κ3) is 3.50. The van der Waals surface area contributed by atoms with Gasteiger partial charge in [-0.05, 0) is 13.0 Å². The fraction of sp³-hybridized carbons (Fsp3) is 0.250. The molecule has 1 N–H and O–H groups in total. The molecule has 0 spiro atoms. The van der Waals surface area contributed by atoms with Gasteiger partial charge in [0.15, 0.2) is 12.6 Å². The first kappa shape index (κ1) is 16.7. The molecule has 9 nitrogen and oxygen atoms in total. The molecule has 25 heavy (non-hydrogen) atoms. The van der Waals surface area contributed by atoms with Gasteiger partial charge in [0.2, 0.25) is 0 Å². The minimum absolute atomic E-state index is 0.0182. The maximum atomic E-state index is 12.1. The van der Waals surface area contributed by atoms with E-state index in [1.54, 1.807) is 0 Å². The number of carbonyl (C=O) groups is 2. The van der Waals surface area contributed by atoms with Crippen molar-refractivity contribution >= 4 is 17.4 Å². The molecule has 0 atom stereocenters. The van der Waals surface area contributed by atoms with Crippen molar-refractivity contribution in [2.45, 2.75) is 20.1 Å². The molecular formula is C16H14N2O7. The van der Waals surface area contributed by atoms with Gasteiger partial charge in [-0.25, -0.2) is 4.79 Å². The lowest BCUT2D eigenvalue weighted by Crippen LogP contribution is -2.15. The van der Waals surface area contributed by atoms with Gasteiger partial charge in [-0.1, -0.05) is 0 Å². The number of nitro groups is 1. The van der Waals surface area contributed by atoms with Gasteiger partial charge < -0.3 is 19.2 Å². The Bertz CT molecular complexity index is 856. The number of hydrogen-bond donors (Lipinski definition) is 1. The summed E-state index contributed by atoms with van der Waals surface area (Å²) in [5.41, 5.74) is 1.23. The van der Waals surface area contributed by atoms with Crippen LogP contribution in [0.4, 0.5) is 5.69 Å². The van der Waals surface area contributed by atoms with E-state index in [-0.39, 0.29) is 37.2 Å². The average Bonchev–Trinajstić information content (AvgIpc) is 3.09. The number of non-ortho nitro benzene ring substituents is 1. The number of aromatic amines is 1. The van der Waals surface area contributed by atoms with Crippen LogP contribution in [0.25, 0.3) is 0 Å². The Hall–Kier alpha value is -3.20. The zero-order chi connectivity index (χ0) is 18.0. The monoisotopic (exact) mass is 346 g/mol. The van der Waals surface area contributed by atoms with Crippen molar-refractivity contribution in [3.63, 3.8) is 0 Å². The number of ketones is 1. The molecule has 0 bridgehead atoms. The second kappa shape index (κ2) is 6.73. The largest absolute Gasteiger partial charge is 0.467 e. The minimum Gasteiger partial charge on any atom is -0.467 e. The second-order valence-electron chi connectivity index (χ2n) is 5.40. The highest BCUT2D eigenvalue weighted by molar-refractivity contribution is 5.97. The lowest BCUT2D eigenvalue weighted by molar-refractivity contribution is -0.385. The van der Waals surface area contributed by atoms with Gasteiger partial charge in [-0.2, -0.15) is 0 Å². The highest BCUT2D eigenvalue weighted by Gasteiger charge is 2.22. The number of ether oxygens (including phenoxy) is 3. The average molecular weight is 346 g/mol. The third-order valence-corrected chi connectivity index (χ3v) is 3.65. The number of nitrogens with zero attached hydrogens (tertiary/aromatic N) is 1. The van der Waals surface area contributed by atoms with E-state index in [1.165, 1.54) is 31.3 Å². The number of fused-ring (bicyclic) bond motifs is 1.